The molecule has 33 heavy (non-hydrogen) atoms. The minimum absolute atomic E-state index is 0.00298. The van der Waals surface area contributed by atoms with Crippen molar-refractivity contribution in [1.82, 2.24) is 4.98 Å². The number of amides is 1. The van der Waals surface area contributed by atoms with Gasteiger partial charge in [-0.25, -0.2) is 0 Å². The Morgan fingerprint density at radius 2 is 1.79 bits per heavy atom. The smallest absolute Gasteiger partial charge is 0.300 e. The van der Waals surface area contributed by atoms with Crippen LogP contribution in [0.5, 0.6) is 11.5 Å². The van der Waals surface area contributed by atoms with Gasteiger partial charge >= 0.3 is 0 Å². The summed E-state index contributed by atoms with van der Waals surface area (Å²) in [6, 6.07) is 16.3. The highest BCUT2D eigenvalue weighted by molar-refractivity contribution is 6.51. The Morgan fingerprint density at radius 3 is 2.42 bits per heavy atom. The van der Waals surface area contributed by atoms with Gasteiger partial charge in [0.05, 0.1) is 24.8 Å². The van der Waals surface area contributed by atoms with Crippen molar-refractivity contribution in [1.29, 1.82) is 0 Å². The van der Waals surface area contributed by atoms with Gasteiger partial charge in [0.2, 0.25) is 0 Å². The third-order valence-electron chi connectivity index (χ3n) is 5.28. The van der Waals surface area contributed by atoms with Crippen LogP contribution in [0.3, 0.4) is 0 Å². The van der Waals surface area contributed by atoms with E-state index in [2.05, 4.69) is 4.98 Å². The van der Waals surface area contributed by atoms with E-state index in [9.17, 15) is 14.7 Å². The van der Waals surface area contributed by atoms with Crippen molar-refractivity contribution in [3.05, 3.63) is 89.8 Å². The Morgan fingerprint density at radius 1 is 1.03 bits per heavy atom. The minimum atomic E-state index is -0.850. The maximum atomic E-state index is 13.2. The van der Waals surface area contributed by atoms with Crippen LogP contribution < -0.4 is 14.4 Å². The van der Waals surface area contributed by atoms with E-state index in [1.54, 1.807) is 73.1 Å². The molecule has 0 spiro atoms. The number of carbonyl (C=O) groups is 2. The molecule has 1 atom stereocenters. The van der Waals surface area contributed by atoms with Crippen molar-refractivity contribution in [2.24, 2.45) is 0 Å². The van der Waals surface area contributed by atoms with E-state index in [1.165, 1.54) is 12.0 Å². The fourth-order valence-corrected chi connectivity index (χ4v) is 3.83. The summed E-state index contributed by atoms with van der Waals surface area (Å²) in [5, 5.41) is 11.2. The Labute approximate surface area is 191 Å². The molecule has 1 N–H and O–H groups in total. The van der Waals surface area contributed by atoms with E-state index < -0.39 is 17.7 Å². The number of Topliss-reactive ketones (excluding diaryl/α,β-unsaturated/α-hetero) is 1. The predicted octanol–water partition coefficient (Wildman–Crippen LogP) is 4.50. The molecule has 7 heteroatoms. The lowest BCUT2D eigenvalue weighted by Crippen LogP contribution is -2.29. The summed E-state index contributed by atoms with van der Waals surface area (Å²) in [7, 11) is 1.53. The average Bonchev–Trinajstić information content (AvgIpc) is 3.10. The SMILES string of the molecule is COc1cccc(N2C(=O)C(=O)/C(=C(/O)c3ccc(OC(C)C)cc3)C2c2cccnc2)c1. The molecule has 0 saturated carbocycles. The van der Waals surface area contributed by atoms with Crippen LogP contribution in [-0.2, 0) is 9.59 Å². The summed E-state index contributed by atoms with van der Waals surface area (Å²) in [5.74, 6) is -0.587. The van der Waals surface area contributed by atoms with Crippen molar-refractivity contribution in [3.8, 4) is 11.5 Å². The first-order chi connectivity index (χ1) is 15.9. The zero-order valence-electron chi connectivity index (χ0n) is 18.6. The number of rotatable bonds is 6. The van der Waals surface area contributed by atoms with Gasteiger partial charge in [-0.2, -0.15) is 0 Å². The monoisotopic (exact) mass is 444 g/mol. The highest BCUT2D eigenvalue weighted by Crippen LogP contribution is 2.42. The second-order valence-electron chi connectivity index (χ2n) is 7.85. The summed E-state index contributed by atoms with van der Waals surface area (Å²) in [6.07, 6.45) is 3.19. The molecule has 1 amide bonds. The van der Waals surface area contributed by atoms with Gasteiger partial charge in [0, 0.05) is 29.7 Å². The molecule has 4 rings (SSSR count). The molecule has 0 bridgehead atoms. The number of methoxy groups -OCH3 is 1. The Hall–Kier alpha value is -4.13. The maximum Gasteiger partial charge on any atom is 0.300 e. The van der Waals surface area contributed by atoms with Crippen molar-refractivity contribution < 1.29 is 24.2 Å². The van der Waals surface area contributed by atoms with Crippen LogP contribution in [0.2, 0.25) is 0 Å². The number of aromatic nitrogens is 1. The second kappa shape index (κ2) is 9.16. The number of pyridine rings is 1. The first kappa shape index (κ1) is 22.1. The zero-order valence-corrected chi connectivity index (χ0v) is 18.6. The zero-order chi connectivity index (χ0) is 23.5. The van der Waals surface area contributed by atoms with Crippen LogP contribution in [0, 0.1) is 0 Å². The molecular formula is C26H24N2O5. The van der Waals surface area contributed by atoms with Crippen molar-refractivity contribution in [3.63, 3.8) is 0 Å². The fourth-order valence-electron chi connectivity index (χ4n) is 3.83. The highest BCUT2D eigenvalue weighted by Gasteiger charge is 2.47. The van der Waals surface area contributed by atoms with Crippen LogP contribution in [0.15, 0.2) is 78.6 Å². The Kier molecular flexibility index (Phi) is 6.13. The van der Waals surface area contributed by atoms with Gasteiger partial charge in [-0.3, -0.25) is 19.5 Å². The lowest BCUT2D eigenvalue weighted by Gasteiger charge is -2.25. The molecule has 2 aromatic carbocycles. The molecular weight excluding hydrogens is 420 g/mol. The van der Waals surface area contributed by atoms with Crippen LogP contribution in [0.1, 0.15) is 31.0 Å². The van der Waals surface area contributed by atoms with Crippen molar-refractivity contribution in [2.75, 3.05) is 12.0 Å². The number of aliphatic hydroxyl groups excluding tert-OH is 1. The van der Waals surface area contributed by atoms with Gasteiger partial charge in [0.15, 0.2) is 0 Å². The number of benzene rings is 2. The summed E-state index contributed by atoms with van der Waals surface area (Å²) in [5.41, 5.74) is 1.47. The van der Waals surface area contributed by atoms with Crippen molar-refractivity contribution >= 4 is 23.1 Å². The van der Waals surface area contributed by atoms with E-state index in [4.69, 9.17) is 9.47 Å². The third kappa shape index (κ3) is 4.30. The van der Waals surface area contributed by atoms with Gasteiger partial charge < -0.3 is 14.6 Å². The summed E-state index contributed by atoms with van der Waals surface area (Å²) in [6.45, 7) is 3.84. The maximum absolute atomic E-state index is 13.2. The Bertz CT molecular complexity index is 1200. The minimum Gasteiger partial charge on any atom is -0.507 e. The van der Waals surface area contributed by atoms with E-state index >= 15 is 0 Å². The van der Waals surface area contributed by atoms with Gasteiger partial charge in [0.25, 0.3) is 11.7 Å². The number of ether oxygens (including phenoxy) is 2. The molecule has 168 valence electrons. The quantitative estimate of drug-likeness (QED) is 0.342. The molecule has 2 heterocycles. The van der Waals surface area contributed by atoms with Crippen LogP contribution in [0.25, 0.3) is 5.76 Å². The molecule has 0 radical (unpaired) electrons. The highest BCUT2D eigenvalue weighted by atomic mass is 16.5. The summed E-state index contributed by atoms with van der Waals surface area (Å²) in [4.78, 5) is 31.8. The molecule has 1 aliphatic heterocycles. The predicted molar refractivity (Wildman–Crippen MR) is 124 cm³/mol. The molecule has 7 nitrogen and oxygen atoms in total. The molecule has 0 aliphatic carbocycles. The van der Waals surface area contributed by atoms with E-state index in [0.29, 0.717) is 28.3 Å². The van der Waals surface area contributed by atoms with Gasteiger partial charge in [0.1, 0.15) is 17.3 Å². The van der Waals surface area contributed by atoms with Gasteiger partial charge in [-0.15, -0.1) is 0 Å². The van der Waals surface area contributed by atoms with Crippen LogP contribution in [-0.4, -0.2) is 35.0 Å². The average molecular weight is 444 g/mol. The third-order valence-corrected chi connectivity index (χ3v) is 5.28. The van der Waals surface area contributed by atoms with Crippen LogP contribution in [0.4, 0.5) is 5.69 Å². The lowest BCUT2D eigenvalue weighted by atomic mass is 9.96. The molecule has 1 aromatic heterocycles. The standard InChI is InChI=1S/C26H24N2O5/c1-16(2)33-20-11-9-17(10-12-20)24(29)22-23(18-6-5-13-27-15-18)28(26(31)25(22)30)19-7-4-8-21(14-19)32-3/h4-16,23,29H,1-3H3/b24-22+. The molecule has 1 saturated heterocycles. The number of ketones is 1. The van der Waals surface area contributed by atoms with Gasteiger partial charge in [-0.1, -0.05) is 12.1 Å². The lowest BCUT2D eigenvalue weighted by molar-refractivity contribution is -0.132. The number of anilines is 1. The number of carbonyl (C=O) groups excluding carboxylic acids is 2. The number of nitrogens with zero attached hydrogens (tertiary/aromatic N) is 2. The normalized spacial score (nSPS) is 17.5. The summed E-state index contributed by atoms with van der Waals surface area (Å²) < 4.78 is 10.9. The van der Waals surface area contributed by atoms with Crippen molar-refractivity contribution in [2.45, 2.75) is 26.0 Å². The fraction of sp³-hybridized carbons (Fsp3) is 0.192. The topological polar surface area (TPSA) is 89.0 Å². The molecule has 1 unspecified atom stereocenters. The number of hydrogen-bond donors (Lipinski definition) is 1. The van der Waals surface area contributed by atoms with Gasteiger partial charge in [-0.05, 0) is 61.9 Å². The molecule has 3 aromatic rings. The molecule has 1 aliphatic rings. The van der Waals surface area contributed by atoms with Crippen LogP contribution >= 0.6 is 0 Å². The first-order valence-electron chi connectivity index (χ1n) is 10.5. The first-order valence-corrected chi connectivity index (χ1v) is 10.5. The molecule has 1 fully saturated rings. The van der Waals surface area contributed by atoms with E-state index in [0.717, 1.165) is 0 Å². The largest absolute Gasteiger partial charge is 0.507 e. The number of hydrogen-bond acceptors (Lipinski definition) is 6. The van der Waals surface area contributed by atoms with E-state index in [-0.39, 0.29) is 17.4 Å². The van der Waals surface area contributed by atoms with E-state index in [1.807, 2.05) is 13.8 Å². The Balaban J connectivity index is 1.85. The summed E-state index contributed by atoms with van der Waals surface area (Å²) >= 11 is 0. The second-order valence-corrected chi connectivity index (χ2v) is 7.85. The number of aliphatic hydroxyl groups is 1.